The molecule has 0 amide bonds. The van der Waals surface area contributed by atoms with Gasteiger partial charge in [-0.1, -0.05) is 128 Å². The molecule has 0 N–H and O–H groups in total. The highest BCUT2D eigenvalue weighted by molar-refractivity contribution is 5.22. The van der Waals surface area contributed by atoms with Crippen molar-refractivity contribution in [1.82, 2.24) is 0 Å². The van der Waals surface area contributed by atoms with E-state index in [0.29, 0.717) is 0 Å². The number of aryl methyl sites for hydroxylation is 2. The fraction of sp³-hybridized carbons (Fsp3) is 0.800. The fourth-order valence-corrected chi connectivity index (χ4v) is 6.32. The van der Waals surface area contributed by atoms with Crippen molar-refractivity contribution < 1.29 is 0 Å². The van der Waals surface area contributed by atoms with Gasteiger partial charge in [0, 0.05) is 0 Å². The zero-order valence-electron chi connectivity index (χ0n) is 20.3. The maximum absolute atomic E-state index is 2.40. The first-order valence-corrected chi connectivity index (χ1v) is 13.8. The van der Waals surface area contributed by atoms with E-state index in [4.69, 9.17) is 0 Å². The molecule has 3 rings (SSSR count). The molecule has 0 nitrogen and oxygen atoms in total. The topological polar surface area (TPSA) is 0 Å². The SMILES string of the molecule is CCCCCc1ccc(CCC2CCC(CCC3CCC(CCC)CC3)CC2)cc1. The molecule has 1 aromatic carbocycles. The van der Waals surface area contributed by atoms with E-state index in [1.807, 2.05) is 0 Å². The first-order chi connectivity index (χ1) is 14.8. The molecule has 0 unspecified atom stereocenters. The molecule has 170 valence electrons. The lowest BCUT2D eigenvalue weighted by Gasteiger charge is -2.32. The van der Waals surface area contributed by atoms with Gasteiger partial charge in [-0.3, -0.25) is 0 Å². The lowest BCUT2D eigenvalue weighted by atomic mass is 9.74. The number of benzene rings is 1. The van der Waals surface area contributed by atoms with Gasteiger partial charge in [0.2, 0.25) is 0 Å². The maximum atomic E-state index is 2.40. The van der Waals surface area contributed by atoms with Crippen LogP contribution in [0.15, 0.2) is 24.3 Å². The van der Waals surface area contributed by atoms with Crippen LogP contribution in [0.2, 0.25) is 0 Å². The van der Waals surface area contributed by atoms with E-state index in [-0.39, 0.29) is 0 Å². The van der Waals surface area contributed by atoms with Gasteiger partial charge in [-0.05, 0) is 60.5 Å². The summed E-state index contributed by atoms with van der Waals surface area (Å²) in [4.78, 5) is 0. The minimum Gasteiger partial charge on any atom is -0.0654 e. The van der Waals surface area contributed by atoms with E-state index >= 15 is 0 Å². The minimum absolute atomic E-state index is 0.995. The van der Waals surface area contributed by atoms with Crippen LogP contribution in [-0.2, 0) is 12.8 Å². The Hall–Kier alpha value is -0.780. The van der Waals surface area contributed by atoms with Crippen molar-refractivity contribution in [3.05, 3.63) is 35.4 Å². The molecule has 0 heterocycles. The molecule has 0 aromatic heterocycles. The van der Waals surface area contributed by atoms with Gasteiger partial charge < -0.3 is 0 Å². The third kappa shape index (κ3) is 8.39. The first-order valence-electron chi connectivity index (χ1n) is 13.8. The predicted molar refractivity (Wildman–Crippen MR) is 133 cm³/mol. The standard InChI is InChI=1S/C30H50/c1-3-5-6-8-26-11-15-28(16-12-26)18-20-30-23-21-29(22-24-30)19-17-27-13-9-25(7-4-2)10-14-27/h11-12,15-16,25,27,29-30H,3-10,13-14,17-24H2,1-2H3. The highest BCUT2D eigenvalue weighted by Gasteiger charge is 2.24. The summed E-state index contributed by atoms with van der Waals surface area (Å²) in [5, 5.41) is 0. The van der Waals surface area contributed by atoms with Crippen LogP contribution in [0.1, 0.15) is 128 Å². The smallest absolute Gasteiger partial charge is 0.0276 e. The quantitative estimate of drug-likeness (QED) is 0.301. The van der Waals surface area contributed by atoms with Crippen LogP contribution in [0.25, 0.3) is 0 Å². The summed E-state index contributed by atoms with van der Waals surface area (Å²) < 4.78 is 0. The van der Waals surface area contributed by atoms with Gasteiger partial charge in [-0.15, -0.1) is 0 Å². The van der Waals surface area contributed by atoms with Gasteiger partial charge in [-0.25, -0.2) is 0 Å². The summed E-state index contributed by atoms with van der Waals surface area (Å²) >= 11 is 0. The lowest BCUT2D eigenvalue weighted by Crippen LogP contribution is -2.18. The first kappa shape index (κ1) is 23.9. The van der Waals surface area contributed by atoms with E-state index in [1.54, 1.807) is 12.0 Å². The van der Waals surface area contributed by atoms with Crippen molar-refractivity contribution in [1.29, 1.82) is 0 Å². The van der Waals surface area contributed by atoms with Crippen LogP contribution in [0.3, 0.4) is 0 Å². The van der Waals surface area contributed by atoms with Crippen molar-refractivity contribution in [2.24, 2.45) is 23.7 Å². The van der Waals surface area contributed by atoms with Crippen LogP contribution < -0.4 is 0 Å². The molecule has 1 aromatic rings. The number of unbranched alkanes of at least 4 members (excludes halogenated alkanes) is 2. The van der Waals surface area contributed by atoms with Crippen LogP contribution >= 0.6 is 0 Å². The number of hydrogen-bond donors (Lipinski definition) is 0. The molecule has 30 heavy (non-hydrogen) atoms. The van der Waals surface area contributed by atoms with Gasteiger partial charge in [0.1, 0.15) is 0 Å². The second-order valence-corrected chi connectivity index (χ2v) is 11.0. The summed E-state index contributed by atoms with van der Waals surface area (Å²) in [5.41, 5.74) is 3.10. The van der Waals surface area contributed by atoms with E-state index < -0.39 is 0 Å². The Balaban J connectivity index is 1.26. The van der Waals surface area contributed by atoms with Crippen LogP contribution in [0.5, 0.6) is 0 Å². The predicted octanol–water partition coefficient (Wildman–Crippen LogP) is 9.54. The van der Waals surface area contributed by atoms with Gasteiger partial charge in [0.15, 0.2) is 0 Å². The van der Waals surface area contributed by atoms with Gasteiger partial charge in [0.05, 0.1) is 0 Å². The Morgan fingerprint density at radius 1 is 0.500 bits per heavy atom. The molecule has 2 aliphatic rings. The van der Waals surface area contributed by atoms with Crippen LogP contribution in [0.4, 0.5) is 0 Å². The highest BCUT2D eigenvalue weighted by atomic mass is 14.3. The third-order valence-electron chi connectivity index (χ3n) is 8.55. The summed E-state index contributed by atoms with van der Waals surface area (Å²) in [6.45, 7) is 4.64. The summed E-state index contributed by atoms with van der Waals surface area (Å²) in [6.07, 6.45) is 26.2. The normalized spacial score (nSPS) is 27.3. The maximum Gasteiger partial charge on any atom is -0.0276 e. The van der Waals surface area contributed by atoms with Crippen LogP contribution in [0, 0.1) is 23.7 Å². The monoisotopic (exact) mass is 410 g/mol. The summed E-state index contributed by atoms with van der Waals surface area (Å²) in [7, 11) is 0. The molecule has 0 radical (unpaired) electrons. The molecule has 2 fully saturated rings. The highest BCUT2D eigenvalue weighted by Crippen LogP contribution is 2.38. The van der Waals surface area contributed by atoms with Crippen molar-refractivity contribution in [2.45, 2.75) is 129 Å². The molecule has 0 saturated heterocycles. The molecule has 0 aliphatic heterocycles. The number of rotatable bonds is 12. The molecular formula is C30H50. The Morgan fingerprint density at radius 3 is 1.40 bits per heavy atom. The van der Waals surface area contributed by atoms with E-state index in [0.717, 1.165) is 23.7 Å². The molecule has 0 bridgehead atoms. The summed E-state index contributed by atoms with van der Waals surface area (Å²) in [5.74, 6) is 4.19. The van der Waals surface area contributed by atoms with Crippen molar-refractivity contribution in [2.75, 3.05) is 0 Å². The molecule has 0 atom stereocenters. The van der Waals surface area contributed by atoms with Gasteiger partial charge >= 0.3 is 0 Å². The largest absolute Gasteiger partial charge is 0.0654 e. The average molecular weight is 411 g/mol. The fourth-order valence-electron chi connectivity index (χ4n) is 6.32. The summed E-state index contributed by atoms with van der Waals surface area (Å²) in [6, 6.07) is 9.58. The van der Waals surface area contributed by atoms with E-state index in [2.05, 4.69) is 38.1 Å². The molecule has 2 aliphatic carbocycles. The zero-order chi connectivity index (χ0) is 21.0. The van der Waals surface area contributed by atoms with E-state index in [1.165, 1.54) is 115 Å². The number of hydrogen-bond acceptors (Lipinski definition) is 0. The zero-order valence-corrected chi connectivity index (χ0v) is 20.3. The molecular weight excluding hydrogens is 360 g/mol. The Kier molecular flexibility index (Phi) is 10.8. The van der Waals surface area contributed by atoms with Gasteiger partial charge in [-0.2, -0.15) is 0 Å². The second kappa shape index (κ2) is 13.6. The average Bonchev–Trinajstić information content (AvgIpc) is 2.79. The third-order valence-corrected chi connectivity index (χ3v) is 8.55. The Labute approximate surface area is 188 Å². The Morgan fingerprint density at radius 2 is 0.933 bits per heavy atom. The van der Waals surface area contributed by atoms with Crippen molar-refractivity contribution in [3.8, 4) is 0 Å². The minimum atomic E-state index is 0.995. The van der Waals surface area contributed by atoms with Crippen molar-refractivity contribution in [3.63, 3.8) is 0 Å². The van der Waals surface area contributed by atoms with E-state index in [9.17, 15) is 0 Å². The molecule has 2 saturated carbocycles. The van der Waals surface area contributed by atoms with Crippen molar-refractivity contribution >= 4 is 0 Å². The Bertz CT molecular complexity index is 540. The lowest BCUT2D eigenvalue weighted by molar-refractivity contribution is 0.209. The van der Waals surface area contributed by atoms with Crippen LogP contribution in [-0.4, -0.2) is 0 Å². The molecule has 0 spiro atoms. The molecule has 0 heteroatoms. The van der Waals surface area contributed by atoms with Gasteiger partial charge in [0.25, 0.3) is 0 Å². The second-order valence-electron chi connectivity index (χ2n) is 11.0.